The van der Waals surface area contributed by atoms with Gasteiger partial charge in [-0.25, -0.2) is 4.39 Å². The van der Waals surface area contributed by atoms with E-state index >= 15 is 0 Å². The van der Waals surface area contributed by atoms with Crippen LogP contribution in [-0.4, -0.2) is 38.0 Å². The number of hydrogen-bond acceptors (Lipinski definition) is 4. The molecule has 1 heterocycles. The minimum absolute atomic E-state index is 0.235. The van der Waals surface area contributed by atoms with E-state index in [1.165, 1.54) is 24.3 Å². The van der Waals surface area contributed by atoms with Crippen LogP contribution in [0.5, 0.6) is 0 Å². The third-order valence-corrected chi connectivity index (χ3v) is 5.72. The molecule has 3 aromatic carbocycles. The topological polar surface area (TPSA) is 58.6 Å². The molecule has 6 heteroatoms. The second kappa shape index (κ2) is 9.75. The van der Waals surface area contributed by atoms with Crippen molar-refractivity contribution in [3.05, 3.63) is 95.3 Å². The van der Waals surface area contributed by atoms with Crippen LogP contribution in [0, 0.1) is 5.82 Å². The zero-order valence-electron chi connectivity index (χ0n) is 17.9. The highest BCUT2D eigenvalue weighted by Crippen LogP contribution is 2.24. The maximum absolute atomic E-state index is 13.2. The maximum atomic E-state index is 13.2. The third kappa shape index (κ3) is 4.86. The van der Waals surface area contributed by atoms with E-state index in [2.05, 4.69) is 10.2 Å². The summed E-state index contributed by atoms with van der Waals surface area (Å²) in [7, 11) is 1.74. The average molecular weight is 432 g/mol. The predicted molar refractivity (Wildman–Crippen MR) is 123 cm³/mol. The van der Waals surface area contributed by atoms with Crippen LogP contribution < -0.4 is 10.2 Å². The molecule has 0 spiro atoms. The summed E-state index contributed by atoms with van der Waals surface area (Å²) in [5, 5.41) is 2.87. The molecule has 0 aliphatic carbocycles. The number of amides is 1. The molecule has 1 saturated heterocycles. The van der Waals surface area contributed by atoms with Crippen molar-refractivity contribution in [3.8, 4) is 0 Å². The number of benzene rings is 3. The molecule has 0 radical (unpaired) electrons. The van der Waals surface area contributed by atoms with Gasteiger partial charge in [0.2, 0.25) is 0 Å². The number of anilines is 2. The van der Waals surface area contributed by atoms with Crippen LogP contribution in [0.4, 0.5) is 15.8 Å². The Morgan fingerprint density at radius 3 is 2.34 bits per heavy atom. The lowest BCUT2D eigenvalue weighted by molar-refractivity contribution is 0.0893. The highest BCUT2D eigenvalue weighted by Gasteiger charge is 2.20. The second-order valence-corrected chi connectivity index (χ2v) is 7.83. The van der Waals surface area contributed by atoms with Crippen molar-refractivity contribution in [1.29, 1.82) is 0 Å². The number of hydrogen-bond donors (Lipinski definition) is 1. The van der Waals surface area contributed by atoms with Crippen molar-refractivity contribution in [2.45, 2.75) is 18.9 Å². The maximum Gasteiger partial charge on any atom is 0.256 e. The van der Waals surface area contributed by atoms with E-state index in [4.69, 9.17) is 4.74 Å². The van der Waals surface area contributed by atoms with Crippen LogP contribution in [0.1, 0.15) is 39.1 Å². The fourth-order valence-corrected chi connectivity index (χ4v) is 3.95. The molecule has 0 bridgehead atoms. The number of nitrogens with zero attached hydrogens (tertiary/aromatic N) is 1. The lowest BCUT2D eigenvalue weighted by atomic mass is 9.98. The molecule has 1 unspecified atom stereocenters. The van der Waals surface area contributed by atoms with Crippen LogP contribution in [0.15, 0.2) is 72.8 Å². The number of carbonyl (C=O) groups is 2. The van der Waals surface area contributed by atoms with Gasteiger partial charge >= 0.3 is 0 Å². The molecule has 1 fully saturated rings. The highest BCUT2D eigenvalue weighted by molar-refractivity contribution is 6.17. The number of carbonyl (C=O) groups excluding carboxylic acids is 2. The molecular weight excluding hydrogens is 407 g/mol. The summed E-state index contributed by atoms with van der Waals surface area (Å²) >= 11 is 0. The van der Waals surface area contributed by atoms with Crippen LogP contribution in [0.3, 0.4) is 0 Å². The largest absolute Gasteiger partial charge is 0.380 e. The normalized spacial score (nSPS) is 15.9. The van der Waals surface area contributed by atoms with Crippen molar-refractivity contribution in [2.75, 3.05) is 30.4 Å². The van der Waals surface area contributed by atoms with Gasteiger partial charge in [0.1, 0.15) is 5.82 Å². The SMILES string of the molecule is COC1CCCN(c2ccc(NC(=O)c3ccccc3C(=O)c3ccc(F)cc3)cc2)C1. The standard InChI is InChI=1S/C26H25FN2O3/c1-32-22-5-4-16-29(17-22)21-14-12-20(13-15-21)28-26(31)24-7-3-2-6-23(24)25(30)18-8-10-19(27)11-9-18/h2-3,6-15,22H,4-5,16-17H2,1H3,(H,28,31). The van der Waals surface area contributed by atoms with Crippen molar-refractivity contribution in [2.24, 2.45) is 0 Å². The Hall–Kier alpha value is -3.51. The first-order valence-electron chi connectivity index (χ1n) is 10.6. The van der Waals surface area contributed by atoms with Gasteiger partial charge < -0.3 is 15.0 Å². The van der Waals surface area contributed by atoms with E-state index in [0.717, 1.165) is 31.6 Å². The molecule has 1 amide bonds. The molecule has 1 aliphatic heterocycles. The van der Waals surface area contributed by atoms with E-state index in [9.17, 15) is 14.0 Å². The summed E-state index contributed by atoms with van der Waals surface area (Å²) in [6.45, 7) is 1.82. The van der Waals surface area contributed by atoms with Crippen molar-refractivity contribution >= 4 is 23.1 Å². The van der Waals surface area contributed by atoms with Gasteiger partial charge in [0, 0.05) is 42.7 Å². The molecule has 4 rings (SSSR count). The van der Waals surface area contributed by atoms with Gasteiger partial charge in [0.05, 0.1) is 11.7 Å². The van der Waals surface area contributed by atoms with Crippen LogP contribution in [0.25, 0.3) is 0 Å². The number of nitrogens with one attached hydrogen (secondary N) is 1. The molecule has 3 aromatic rings. The van der Waals surface area contributed by atoms with Gasteiger partial charge in [-0.1, -0.05) is 18.2 Å². The molecule has 5 nitrogen and oxygen atoms in total. The zero-order valence-corrected chi connectivity index (χ0v) is 17.9. The third-order valence-electron chi connectivity index (χ3n) is 5.72. The fourth-order valence-electron chi connectivity index (χ4n) is 3.95. The van der Waals surface area contributed by atoms with Gasteiger partial charge in [-0.15, -0.1) is 0 Å². The van der Waals surface area contributed by atoms with Crippen LogP contribution in [0.2, 0.25) is 0 Å². The van der Waals surface area contributed by atoms with Gasteiger partial charge in [-0.2, -0.15) is 0 Å². The molecule has 32 heavy (non-hydrogen) atoms. The summed E-state index contributed by atoms with van der Waals surface area (Å²) in [6.07, 6.45) is 2.38. The van der Waals surface area contributed by atoms with E-state index in [1.54, 1.807) is 31.4 Å². The van der Waals surface area contributed by atoms with Gasteiger partial charge in [0.15, 0.2) is 5.78 Å². The first kappa shape index (κ1) is 21.7. The van der Waals surface area contributed by atoms with Crippen molar-refractivity contribution < 1.29 is 18.7 Å². The Balaban J connectivity index is 1.49. The van der Waals surface area contributed by atoms with Crippen LogP contribution in [-0.2, 0) is 4.74 Å². The monoisotopic (exact) mass is 432 g/mol. The predicted octanol–water partition coefficient (Wildman–Crippen LogP) is 4.92. The Morgan fingerprint density at radius 1 is 0.969 bits per heavy atom. The minimum Gasteiger partial charge on any atom is -0.380 e. The van der Waals surface area contributed by atoms with E-state index in [-0.39, 0.29) is 28.9 Å². The molecule has 1 aliphatic rings. The van der Waals surface area contributed by atoms with E-state index in [0.29, 0.717) is 11.3 Å². The zero-order chi connectivity index (χ0) is 22.5. The van der Waals surface area contributed by atoms with E-state index in [1.807, 2.05) is 24.3 Å². The summed E-state index contributed by atoms with van der Waals surface area (Å²) in [5.41, 5.74) is 2.59. The number of piperidine rings is 1. The molecule has 164 valence electrons. The van der Waals surface area contributed by atoms with Gasteiger partial charge in [-0.05, 0) is 67.4 Å². The highest BCUT2D eigenvalue weighted by atomic mass is 19.1. The lowest BCUT2D eigenvalue weighted by Crippen LogP contribution is -2.39. The Morgan fingerprint density at radius 2 is 1.66 bits per heavy atom. The van der Waals surface area contributed by atoms with Crippen molar-refractivity contribution in [3.63, 3.8) is 0 Å². The molecule has 0 saturated carbocycles. The Bertz CT molecular complexity index is 1100. The summed E-state index contributed by atoms with van der Waals surface area (Å²) < 4.78 is 18.7. The number of halogens is 1. The molecule has 0 aromatic heterocycles. The van der Waals surface area contributed by atoms with Crippen molar-refractivity contribution in [1.82, 2.24) is 0 Å². The van der Waals surface area contributed by atoms with Gasteiger partial charge in [0.25, 0.3) is 5.91 Å². The first-order chi connectivity index (χ1) is 15.5. The number of ether oxygens (including phenoxy) is 1. The van der Waals surface area contributed by atoms with Crippen LogP contribution >= 0.6 is 0 Å². The fraction of sp³-hybridized carbons (Fsp3) is 0.231. The summed E-state index contributed by atoms with van der Waals surface area (Å²) in [5.74, 6) is -1.12. The molecule has 1 atom stereocenters. The molecule has 1 N–H and O–H groups in total. The molecular formula is C26H25FN2O3. The number of ketones is 1. The Kier molecular flexibility index (Phi) is 6.61. The Labute approximate surface area is 186 Å². The first-order valence-corrected chi connectivity index (χ1v) is 10.6. The van der Waals surface area contributed by atoms with Gasteiger partial charge in [-0.3, -0.25) is 9.59 Å². The quantitative estimate of drug-likeness (QED) is 0.562. The average Bonchev–Trinajstić information content (AvgIpc) is 2.84. The smallest absolute Gasteiger partial charge is 0.256 e. The number of methoxy groups -OCH3 is 1. The minimum atomic E-state index is -0.418. The lowest BCUT2D eigenvalue weighted by Gasteiger charge is -2.33. The summed E-state index contributed by atoms with van der Waals surface area (Å²) in [6, 6.07) is 19.6. The summed E-state index contributed by atoms with van der Waals surface area (Å²) in [4.78, 5) is 28.1. The number of rotatable bonds is 6. The van der Waals surface area contributed by atoms with E-state index < -0.39 is 5.82 Å². The second-order valence-electron chi connectivity index (χ2n) is 7.83.